The van der Waals surface area contributed by atoms with Gasteiger partial charge in [-0.3, -0.25) is 0 Å². The number of halogens is 2. The SMILES string of the molecule is CN1CCOC(Cn2c(CCCl)nc3cc(F)ccc32)C1. The Balaban J connectivity index is 1.93. The number of hydrogen-bond acceptors (Lipinski definition) is 3. The highest BCUT2D eigenvalue weighted by Gasteiger charge is 2.21. The van der Waals surface area contributed by atoms with E-state index >= 15 is 0 Å². The number of likely N-dealkylation sites (N-methyl/N-ethyl adjacent to an activating group) is 1. The van der Waals surface area contributed by atoms with E-state index in [1.807, 2.05) is 0 Å². The quantitative estimate of drug-likeness (QED) is 0.812. The molecule has 1 aromatic heterocycles. The zero-order valence-electron chi connectivity index (χ0n) is 12.1. The Morgan fingerprint density at radius 1 is 1.48 bits per heavy atom. The molecule has 4 nitrogen and oxygen atoms in total. The Morgan fingerprint density at radius 3 is 3.10 bits per heavy atom. The number of benzene rings is 1. The topological polar surface area (TPSA) is 30.3 Å². The van der Waals surface area contributed by atoms with Gasteiger partial charge in [0.25, 0.3) is 0 Å². The highest BCUT2D eigenvalue weighted by Crippen LogP contribution is 2.20. The number of fused-ring (bicyclic) bond motifs is 1. The molecule has 1 saturated heterocycles. The zero-order chi connectivity index (χ0) is 14.8. The van der Waals surface area contributed by atoms with Gasteiger partial charge in [0.2, 0.25) is 0 Å². The minimum Gasteiger partial charge on any atom is -0.374 e. The summed E-state index contributed by atoms with van der Waals surface area (Å²) < 4.78 is 21.3. The van der Waals surface area contributed by atoms with Crippen LogP contribution in [0.25, 0.3) is 11.0 Å². The Morgan fingerprint density at radius 2 is 2.33 bits per heavy atom. The van der Waals surface area contributed by atoms with Gasteiger partial charge in [-0.2, -0.15) is 0 Å². The van der Waals surface area contributed by atoms with Gasteiger partial charge in [0.1, 0.15) is 11.6 Å². The number of rotatable bonds is 4. The third kappa shape index (κ3) is 3.20. The Kier molecular flexibility index (Phi) is 4.42. The lowest BCUT2D eigenvalue weighted by atomic mass is 10.2. The van der Waals surface area contributed by atoms with Gasteiger partial charge in [0.05, 0.1) is 30.3 Å². The number of imidazole rings is 1. The van der Waals surface area contributed by atoms with E-state index in [1.54, 1.807) is 6.07 Å². The first-order valence-electron chi connectivity index (χ1n) is 7.18. The molecule has 21 heavy (non-hydrogen) atoms. The number of morpholine rings is 1. The summed E-state index contributed by atoms with van der Waals surface area (Å²) in [6.07, 6.45) is 0.792. The first-order chi connectivity index (χ1) is 10.2. The molecule has 0 saturated carbocycles. The van der Waals surface area contributed by atoms with Crippen LogP contribution in [0.5, 0.6) is 0 Å². The molecular weight excluding hydrogens is 293 g/mol. The molecule has 0 bridgehead atoms. The van der Waals surface area contributed by atoms with Crippen LogP contribution in [0.3, 0.4) is 0 Å². The minimum atomic E-state index is -0.266. The molecule has 0 N–H and O–H groups in total. The number of ether oxygens (including phenoxy) is 1. The highest BCUT2D eigenvalue weighted by atomic mass is 35.5. The van der Waals surface area contributed by atoms with Crippen molar-refractivity contribution in [2.24, 2.45) is 0 Å². The van der Waals surface area contributed by atoms with Crippen LogP contribution in [0.4, 0.5) is 4.39 Å². The van der Waals surface area contributed by atoms with Crippen molar-refractivity contribution in [3.05, 3.63) is 29.8 Å². The van der Waals surface area contributed by atoms with Crippen LogP contribution >= 0.6 is 11.6 Å². The monoisotopic (exact) mass is 311 g/mol. The maximum Gasteiger partial charge on any atom is 0.125 e. The molecule has 1 aliphatic heterocycles. The van der Waals surface area contributed by atoms with Crippen LogP contribution in [0.1, 0.15) is 5.82 Å². The molecule has 2 heterocycles. The zero-order valence-corrected chi connectivity index (χ0v) is 12.8. The molecule has 0 amide bonds. The van der Waals surface area contributed by atoms with Crippen LogP contribution in [-0.4, -0.2) is 53.2 Å². The van der Waals surface area contributed by atoms with E-state index in [0.29, 0.717) is 17.8 Å². The van der Waals surface area contributed by atoms with E-state index in [1.165, 1.54) is 12.1 Å². The molecule has 0 spiro atoms. The molecule has 1 atom stereocenters. The molecule has 0 radical (unpaired) electrons. The van der Waals surface area contributed by atoms with Crippen LogP contribution < -0.4 is 0 Å². The van der Waals surface area contributed by atoms with Crippen molar-refractivity contribution >= 4 is 22.6 Å². The van der Waals surface area contributed by atoms with Gasteiger partial charge < -0.3 is 14.2 Å². The summed E-state index contributed by atoms with van der Waals surface area (Å²) in [4.78, 5) is 6.78. The van der Waals surface area contributed by atoms with Crippen LogP contribution in [0, 0.1) is 5.82 Å². The van der Waals surface area contributed by atoms with E-state index in [-0.39, 0.29) is 11.9 Å². The highest BCUT2D eigenvalue weighted by molar-refractivity contribution is 6.17. The third-order valence-corrected chi connectivity index (χ3v) is 4.02. The average molecular weight is 312 g/mol. The second-order valence-electron chi connectivity index (χ2n) is 5.47. The van der Waals surface area contributed by atoms with Gasteiger partial charge in [-0.15, -0.1) is 11.6 Å². The van der Waals surface area contributed by atoms with E-state index < -0.39 is 0 Å². The normalized spacial score (nSPS) is 20.2. The van der Waals surface area contributed by atoms with Crippen LogP contribution in [0.15, 0.2) is 18.2 Å². The maximum absolute atomic E-state index is 13.4. The lowest BCUT2D eigenvalue weighted by Gasteiger charge is -2.30. The van der Waals surface area contributed by atoms with Crippen molar-refractivity contribution in [1.82, 2.24) is 14.5 Å². The van der Waals surface area contributed by atoms with Gasteiger partial charge in [0, 0.05) is 31.5 Å². The minimum absolute atomic E-state index is 0.125. The summed E-state index contributed by atoms with van der Waals surface area (Å²) >= 11 is 5.87. The Hall–Kier alpha value is -1.17. The Labute approximate surface area is 128 Å². The van der Waals surface area contributed by atoms with Crippen molar-refractivity contribution in [3.63, 3.8) is 0 Å². The standard InChI is InChI=1S/C15H19ClFN3O/c1-19-6-7-21-12(9-19)10-20-14-3-2-11(17)8-13(14)18-15(20)4-5-16/h2-3,8,12H,4-7,9-10H2,1H3. The van der Waals surface area contributed by atoms with Gasteiger partial charge >= 0.3 is 0 Å². The predicted molar refractivity (Wildman–Crippen MR) is 81.4 cm³/mol. The molecule has 1 unspecified atom stereocenters. The first kappa shape index (κ1) is 14.8. The van der Waals surface area contributed by atoms with E-state index in [2.05, 4.69) is 21.5 Å². The van der Waals surface area contributed by atoms with Crippen molar-refractivity contribution in [2.45, 2.75) is 19.1 Å². The van der Waals surface area contributed by atoms with E-state index in [0.717, 1.165) is 37.6 Å². The summed E-state index contributed by atoms with van der Waals surface area (Å²) in [7, 11) is 2.09. The largest absolute Gasteiger partial charge is 0.374 e. The van der Waals surface area contributed by atoms with Crippen molar-refractivity contribution in [1.29, 1.82) is 0 Å². The van der Waals surface area contributed by atoms with Crippen molar-refractivity contribution < 1.29 is 9.13 Å². The first-order valence-corrected chi connectivity index (χ1v) is 7.71. The molecular formula is C15H19ClFN3O. The number of hydrogen-bond donors (Lipinski definition) is 0. The summed E-state index contributed by atoms with van der Waals surface area (Å²) in [5.74, 6) is 1.12. The fraction of sp³-hybridized carbons (Fsp3) is 0.533. The average Bonchev–Trinajstić information content (AvgIpc) is 2.76. The van der Waals surface area contributed by atoms with Crippen molar-refractivity contribution in [3.8, 4) is 0 Å². The van der Waals surface area contributed by atoms with Gasteiger partial charge in [-0.25, -0.2) is 9.37 Å². The van der Waals surface area contributed by atoms with E-state index in [4.69, 9.17) is 16.3 Å². The molecule has 3 rings (SSSR count). The molecule has 1 fully saturated rings. The second-order valence-corrected chi connectivity index (χ2v) is 5.84. The molecule has 6 heteroatoms. The number of aryl methyl sites for hydroxylation is 1. The molecule has 1 aliphatic rings. The fourth-order valence-corrected chi connectivity index (χ4v) is 2.98. The van der Waals surface area contributed by atoms with Gasteiger partial charge in [-0.05, 0) is 19.2 Å². The number of aromatic nitrogens is 2. The maximum atomic E-state index is 13.4. The van der Waals surface area contributed by atoms with Gasteiger partial charge in [0.15, 0.2) is 0 Å². The van der Waals surface area contributed by atoms with Crippen molar-refractivity contribution in [2.75, 3.05) is 32.6 Å². The lowest BCUT2D eigenvalue weighted by Crippen LogP contribution is -2.42. The van der Waals surface area contributed by atoms with E-state index in [9.17, 15) is 4.39 Å². The number of nitrogens with zero attached hydrogens (tertiary/aromatic N) is 3. The summed E-state index contributed by atoms with van der Waals surface area (Å²) in [6, 6.07) is 4.72. The molecule has 1 aromatic carbocycles. The molecule has 0 aliphatic carbocycles. The lowest BCUT2D eigenvalue weighted by molar-refractivity contribution is -0.0272. The smallest absolute Gasteiger partial charge is 0.125 e. The molecule has 2 aromatic rings. The van der Waals surface area contributed by atoms with Crippen LogP contribution in [-0.2, 0) is 17.7 Å². The second kappa shape index (κ2) is 6.30. The third-order valence-electron chi connectivity index (χ3n) is 3.84. The van der Waals surface area contributed by atoms with Gasteiger partial charge in [-0.1, -0.05) is 0 Å². The Bertz CT molecular complexity index is 631. The summed E-state index contributed by atoms with van der Waals surface area (Å²) in [5, 5.41) is 0. The fourth-order valence-electron chi connectivity index (χ4n) is 2.81. The number of alkyl halides is 1. The molecule has 114 valence electrons. The van der Waals surface area contributed by atoms with Crippen LogP contribution in [0.2, 0.25) is 0 Å². The summed E-state index contributed by atoms with van der Waals surface area (Å²) in [5.41, 5.74) is 1.62. The summed E-state index contributed by atoms with van der Waals surface area (Å²) in [6.45, 7) is 3.31. The predicted octanol–water partition coefficient (Wildman–Crippen LogP) is 2.29.